The predicted octanol–water partition coefficient (Wildman–Crippen LogP) is 6.43. The number of halogens is 3. The number of carbonyl (C=O) groups excluding carboxylic acids is 2. The molecule has 0 bridgehead atoms. The van der Waals surface area contributed by atoms with Gasteiger partial charge >= 0.3 is 0 Å². The lowest BCUT2D eigenvalue weighted by atomic mass is 10.1. The van der Waals surface area contributed by atoms with Crippen LogP contribution in [-0.4, -0.2) is 16.0 Å². The van der Waals surface area contributed by atoms with Gasteiger partial charge < -0.3 is 4.74 Å². The lowest BCUT2D eigenvalue weighted by Gasteiger charge is -2.12. The van der Waals surface area contributed by atoms with Crippen molar-refractivity contribution in [1.29, 1.82) is 0 Å². The summed E-state index contributed by atoms with van der Waals surface area (Å²) in [5.41, 5.74) is 1.43. The van der Waals surface area contributed by atoms with Gasteiger partial charge in [0.1, 0.15) is 24.0 Å². The summed E-state index contributed by atoms with van der Waals surface area (Å²) in [6, 6.07) is 16.9. The zero-order chi connectivity index (χ0) is 22.7. The van der Waals surface area contributed by atoms with Gasteiger partial charge in [-0.05, 0) is 53.7 Å². The number of imide groups is 1. The number of rotatable bonds is 6. The molecule has 0 aliphatic carbocycles. The van der Waals surface area contributed by atoms with Crippen LogP contribution in [0.4, 0.5) is 13.6 Å². The average molecular weight is 472 g/mol. The molecule has 1 aliphatic rings. The van der Waals surface area contributed by atoms with Gasteiger partial charge in [-0.15, -0.1) is 0 Å². The summed E-state index contributed by atoms with van der Waals surface area (Å²) in [5, 5.41) is -0.161. The third-order valence-electron chi connectivity index (χ3n) is 4.77. The number of thioether (sulfide) groups is 1. The maximum Gasteiger partial charge on any atom is 0.293 e. The highest BCUT2D eigenvalue weighted by Gasteiger charge is 2.35. The summed E-state index contributed by atoms with van der Waals surface area (Å²) in [4.78, 5) is 26.5. The molecule has 0 radical (unpaired) electrons. The van der Waals surface area contributed by atoms with E-state index < -0.39 is 22.8 Å². The zero-order valence-electron chi connectivity index (χ0n) is 16.6. The van der Waals surface area contributed by atoms with E-state index in [-0.39, 0.29) is 28.6 Å². The molecule has 0 aromatic heterocycles. The van der Waals surface area contributed by atoms with E-state index in [9.17, 15) is 18.4 Å². The van der Waals surface area contributed by atoms with Crippen molar-refractivity contribution in [2.45, 2.75) is 13.2 Å². The topological polar surface area (TPSA) is 46.6 Å². The average Bonchev–Trinajstić information content (AvgIpc) is 3.03. The van der Waals surface area contributed by atoms with Crippen LogP contribution >= 0.6 is 23.4 Å². The van der Waals surface area contributed by atoms with E-state index in [0.717, 1.165) is 16.7 Å². The third kappa shape index (κ3) is 4.84. The minimum Gasteiger partial charge on any atom is -0.488 e. The minimum absolute atomic E-state index is 0.0478. The molecule has 0 unspecified atom stereocenters. The van der Waals surface area contributed by atoms with Gasteiger partial charge in [-0.2, -0.15) is 0 Å². The van der Waals surface area contributed by atoms with Crippen LogP contribution in [0, 0.1) is 11.6 Å². The lowest BCUT2D eigenvalue weighted by Crippen LogP contribution is -2.27. The first kappa shape index (κ1) is 22.0. The maximum absolute atomic E-state index is 14.0. The number of amides is 2. The first-order chi connectivity index (χ1) is 15.4. The van der Waals surface area contributed by atoms with Crippen molar-refractivity contribution in [2.24, 2.45) is 0 Å². The van der Waals surface area contributed by atoms with Crippen molar-refractivity contribution < 1.29 is 23.1 Å². The van der Waals surface area contributed by atoms with Crippen molar-refractivity contribution >= 4 is 40.6 Å². The van der Waals surface area contributed by atoms with E-state index in [1.54, 1.807) is 36.4 Å². The van der Waals surface area contributed by atoms with Crippen molar-refractivity contribution in [1.82, 2.24) is 4.90 Å². The number of carbonyl (C=O) groups is 2. The molecule has 4 nitrogen and oxygen atoms in total. The van der Waals surface area contributed by atoms with E-state index in [0.29, 0.717) is 16.9 Å². The summed E-state index contributed by atoms with van der Waals surface area (Å²) in [6.07, 6.45) is 1.56. The summed E-state index contributed by atoms with van der Waals surface area (Å²) >= 11 is 6.87. The Labute approximate surface area is 192 Å². The lowest BCUT2D eigenvalue weighted by molar-refractivity contribution is -0.123. The van der Waals surface area contributed by atoms with Crippen LogP contribution in [0.1, 0.15) is 16.7 Å². The standard InChI is InChI=1S/C24H16ClF2NO3S/c25-19-5-3-6-20(27)18(19)14-31-21-7-2-1-4-16(21)12-22-23(29)28(24(30)32-22)13-15-8-10-17(26)11-9-15/h1-12H,13-14H2/b22-12-. The molecule has 32 heavy (non-hydrogen) atoms. The highest BCUT2D eigenvalue weighted by atomic mass is 35.5. The van der Waals surface area contributed by atoms with E-state index in [2.05, 4.69) is 0 Å². The summed E-state index contributed by atoms with van der Waals surface area (Å²) in [6.45, 7) is -0.0470. The highest BCUT2D eigenvalue weighted by Crippen LogP contribution is 2.35. The second kappa shape index (κ2) is 9.54. The molecular weight excluding hydrogens is 456 g/mol. The normalized spacial score (nSPS) is 15.0. The number of benzene rings is 3. The predicted molar refractivity (Wildman–Crippen MR) is 120 cm³/mol. The van der Waals surface area contributed by atoms with Crippen LogP contribution in [0.2, 0.25) is 5.02 Å². The van der Waals surface area contributed by atoms with Crippen LogP contribution in [0.3, 0.4) is 0 Å². The molecule has 1 heterocycles. The zero-order valence-corrected chi connectivity index (χ0v) is 18.1. The minimum atomic E-state index is -0.475. The Kier molecular flexibility index (Phi) is 6.58. The monoisotopic (exact) mass is 471 g/mol. The molecule has 0 N–H and O–H groups in total. The molecule has 1 aliphatic heterocycles. The van der Waals surface area contributed by atoms with Crippen LogP contribution in [0.25, 0.3) is 6.08 Å². The third-order valence-corrected chi connectivity index (χ3v) is 6.03. The molecule has 3 aromatic carbocycles. The number of hydrogen-bond donors (Lipinski definition) is 0. The SMILES string of the molecule is O=C1S/C(=C\c2ccccc2OCc2c(F)cccc2Cl)C(=O)N1Cc1ccc(F)cc1. The van der Waals surface area contributed by atoms with Crippen molar-refractivity contribution in [2.75, 3.05) is 0 Å². The van der Waals surface area contributed by atoms with Gasteiger partial charge in [-0.25, -0.2) is 8.78 Å². The van der Waals surface area contributed by atoms with Crippen molar-refractivity contribution in [3.05, 3.63) is 105 Å². The summed E-state index contributed by atoms with van der Waals surface area (Å²) in [5.74, 6) is -0.901. The van der Waals surface area contributed by atoms with Crippen LogP contribution in [0.5, 0.6) is 5.75 Å². The van der Waals surface area contributed by atoms with E-state index in [1.165, 1.54) is 36.4 Å². The van der Waals surface area contributed by atoms with Gasteiger partial charge in [-0.3, -0.25) is 14.5 Å². The van der Waals surface area contributed by atoms with Gasteiger partial charge in [-0.1, -0.05) is 48.0 Å². The Bertz CT molecular complexity index is 1190. The Hall–Kier alpha value is -3.16. The second-order valence-electron chi connectivity index (χ2n) is 6.92. The summed E-state index contributed by atoms with van der Waals surface area (Å²) < 4.78 is 32.9. The molecule has 8 heteroatoms. The van der Waals surface area contributed by atoms with E-state index in [1.807, 2.05) is 0 Å². The first-order valence-electron chi connectivity index (χ1n) is 9.57. The molecule has 1 fully saturated rings. The first-order valence-corrected chi connectivity index (χ1v) is 10.8. The van der Waals surface area contributed by atoms with Gasteiger partial charge in [0.05, 0.1) is 16.5 Å². The molecule has 2 amide bonds. The molecular formula is C24H16ClF2NO3S. The number of ether oxygens (including phenoxy) is 1. The number of para-hydroxylation sites is 1. The van der Waals surface area contributed by atoms with E-state index in [4.69, 9.17) is 16.3 Å². The number of hydrogen-bond acceptors (Lipinski definition) is 4. The fourth-order valence-electron chi connectivity index (χ4n) is 3.10. The van der Waals surface area contributed by atoms with Crippen LogP contribution in [0.15, 0.2) is 71.6 Å². The molecule has 4 rings (SSSR count). The van der Waals surface area contributed by atoms with E-state index >= 15 is 0 Å². The van der Waals surface area contributed by atoms with Crippen molar-refractivity contribution in [3.8, 4) is 5.75 Å². The highest BCUT2D eigenvalue weighted by molar-refractivity contribution is 8.18. The smallest absolute Gasteiger partial charge is 0.293 e. The van der Waals surface area contributed by atoms with Crippen molar-refractivity contribution in [3.63, 3.8) is 0 Å². The molecule has 162 valence electrons. The van der Waals surface area contributed by atoms with Crippen LogP contribution in [-0.2, 0) is 17.9 Å². The molecule has 0 atom stereocenters. The van der Waals surface area contributed by atoms with Gasteiger partial charge in [0.15, 0.2) is 0 Å². The molecule has 1 saturated heterocycles. The Morgan fingerprint density at radius 2 is 1.72 bits per heavy atom. The molecule has 0 spiro atoms. The second-order valence-corrected chi connectivity index (χ2v) is 8.32. The van der Waals surface area contributed by atoms with Gasteiger partial charge in [0.2, 0.25) is 0 Å². The Morgan fingerprint density at radius 1 is 0.969 bits per heavy atom. The fourth-order valence-corrected chi connectivity index (χ4v) is 4.15. The fraction of sp³-hybridized carbons (Fsp3) is 0.0833. The maximum atomic E-state index is 14.0. The largest absolute Gasteiger partial charge is 0.488 e. The molecule has 3 aromatic rings. The van der Waals surface area contributed by atoms with Crippen LogP contribution < -0.4 is 4.74 Å². The Morgan fingerprint density at radius 3 is 2.47 bits per heavy atom. The molecule has 0 saturated carbocycles. The Balaban J connectivity index is 1.53. The summed E-state index contributed by atoms with van der Waals surface area (Å²) in [7, 11) is 0. The van der Waals surface area contributed by atoms with Gasteiger partial charge in [0, 0.05) is 11.1 Å². The van der Waals surface area contributed by atoms with Gasteiger partial charge in [0.25, 0.3) is 11.1 Å². The number of nitrogens with zero attached hydrogens (tertiary/aromatic N) is 1. The quantitative estimate of drug-likeness (QED) is 0.388.